The number of hydrogen-bond donors (Lipinski definition) is 1. The fraction of sp³-hybridized carbons (Fsp3) is 0.0667. The molecule has 1 N–H and O–H groups in total. The van der Waals surface area contributed by atoms with E-state index in [1.807, 2.05) is 35.9 Å². The molecule has 0 atom stereocenters. The highest BCUT2D eigenvalue weighted by Gasteiger charge is 2.16. The van der Waals surface area contributed by atoms with Crippen molar-refractivity contribution in [3.63, 3.8) is 0 Å². The molecule has 0 bridgehead atoms. The van der Waals surface area contributed by atoms with Gasteiger partial charge in [-0.05, 0) is 24.5 Å². The van der Waals surface area contributed by atoms with Gasteiger partial charge in [-0.15, -0.1) is 34.4 Å². The Kier molecular flexibility index (Phi) is 5.28. The summed E-state index contributed by atoms with van der Waals surface area (Å²) in [6.07, 6.45) is 2.04. The van der Waals surface area contributed by atoms with E-state index in [0.29, 0.717) is 19.4 Å². The van der Waals surface area contributed by atoms with Gasteiger partial charge in [0.05, 0.1) is 15.6 Å². The summed E-state index contributed by atoms with van der Waals surface area (Å²) in [5.74, 6) is -0.309. The van der Waals surface area contributed by atoms with E-state index in [9.17, 15) is 4.79 Å². The third-order valence-electron chi connectivity index (χ3n) is 3.01. The summed E-state index contributed by atoms with van der Waals surface area (Å²) in [7, 11) is 0. The van der Waals surface area contributed by atoms with Gasteiger partial charge in [0.25, 0.3) is 5.91 Å². The molecule has 0 unspecified atom stereocenters. The SMILES string of the molecule is CSc1ccc(-c2csc(NC(=O)c3cc(Cl)sc3Cl)n2)cc1. The number of rotatable bonds is 4. The summed E-state index contributed by atoms with van der Waals surface area (Å²) in [5, 5.41) is 5.19. The molecule has 23 heavy (non-hydrogen) atoms. The molecule has 1 aromatic carbocycles. The van der Waals surface area contributed by atoms with Crippen LogP contribution in [0.25, 0.3) is 11.3 Å². The molecule has 8 heteroatoms. The Morgan fingerprint density at radius 1 is 1.26 bits per heavy atom. The van der Waals surface area contributed by atoms with E-state index in [2.05, 4.69) is 10.3 Å². The highest BCUT2D eigenvalue weighted by Crippen LogP contribution is 2.32. The van der Waals surface area contributed by atoms with Gasteiger partial charge in [-0.3, -0.25) is 10.1 Å². The van der Waals surface area contributed by atoms with Crippen molar-refractivity contribution in [1.82, 2.24) is 4.98 Å². The zero-order chi connectivity index (χ0) is 16.4. The summed E-state index contributed by atoms with van der Waals surface area (Å²) >= 11 is 16.1. The molecule has 0 spiro atoms. The number of thiazole rings is 1. The first-order chi connectivity index (χ1) is 11.1. The van der Waals surface area contributed by atoms with Crippen LogP contribution in [0.15, 0.2) is 40.6 Å². The molecular weight excluding hydrogens is 391 g/mol. The first-order valence-corrected chi connectivity index (χ1v) is 10.1. The van der Waals surface area contributed by atoms with E-state index in [4.69, 9.17) is 23.2 Å². The minimum absolute atomic E-state index is 0.309. The zero-order valence-corrected chi connectivity index (χ0v) is 15.8. The second kappa shape index (κ2) is 7.23. The predicted molar refractivity (Wildman–Crippen MR) is 102 cm³/mol. The van der Waals surface area contributed by atoms with Gasteiger partial charge in [-0.25, -0.2) is 4.98 Å². The lowest BCUT2D eigenvalue weighted by molar-refractivity contribution is 0.102. The maximum Gasteiger partial charge on any atom is 0.259 e. The molecule has 0 saturated heterocycles. The summed E-state index contributed by atoms with van der Waals surface area (Å²) in [4.78, 5) is 17.8. The molecule has 118 valence electrons. The van der Waals surface area contributed by atoms with Gasteiger partial charge < -0.3 is 0 Å². The highest BCUT2D eigenvalue weighted by molar-refractivity contribution is 7.98. The average molecular weight is 401 g/mol. The number of carbonyl (C=O) groups is 1. The molecule has 1 amide bonds. The number of amides is 1. The Labute approximate surface area is 155 Å². The van der Waals surface area contributed by atoms with Crippen LogP contribution >= 0.6 is 57.6 Å². The summed E-state index contributed by atoms with van der Waals surface area (Å²) in [5.41, 5.74) is 2.20. The molecule has 0 saturated carbocycles. The first-order valence-electron chi connectivity index (χ1n) is 6.43. The summed E-state index contributed by atoms with van der Waals surface area (Å²) in [6, 6.07) is 9.68. The van der Waals surface area contributed by atoms with Gasteiger partial charge >= 0.3 is 0 Å². The Morgan fingerprint density at radius 2 is 2.00 bits per heavy atom. The third kappa shape index (κ3) is 3.89. The van der Waals surface area contributed by atoms with Crippen LogP contribution < -0.4 is 5.32 Å². The molecule has 0 aliphatic heterocycles. The number of nitrogens with zero attached hydrogens (tertiary/aromatic N) is 1. The Bertz CT molecular complexity index is 843. The lowest BCUT2D eigenvalue weighted by Crippen LogP contribution is -2.11. The second-order valence-corrected chi connectivity index (χ2v) is 8.48. The van der Waals surface area contributed by atoms with Crippen molar-refractivity contribution in [1.29, 1.82) is 0 Å². The number of hydrogen-bond acceptors (Lipinski definition) is 5. The van der Waals surface area contributed by atoms with E-state index in [0.717, 1.165) is 22.6 Å². The number of aromatic nitrogens is 1. The van der Waals surface area contributed by atoms with Gasteiger partial charge in [0.1, 0.15) is 4.34 Å². The highest BCUT2D eigenvalue weighted by atomic mass is 35.5. The molecule has 2 heterocycles. The minimum Gasteiger partial charge on any atom is -0.298 e. The zero-order valence-electron chi connectivity index (χ0n) is 11.8. The molecular formula is C15H10Cl2N2OS3. The van der Waals surface area contributed by atoms with Crippen LogP contribution in [-0.4, -0.2) is 17.1 Å². The van der Waals surface area contributed by atoms with Crippen molar-refractivity contribution < 1.29 is 4.79 Å². The maximum absolute atomic E-state index is 12.2. The van der Waals surface area contributed by atoms with Crippen molar-refractivity contribution in [3.8, 4) is 11.3 Å². The molecule has 2 aromatic heterocycles. The van der Waals surface area contributed by atoms with Gasteiger partial charge in [-0.2, -0.15) is 0 Å². The van der Waals surface area contributed by atoms with Crippen molar-refractivity contribution in [3.05, 3.63) is 49.9 Å². The second-order valence-electron chi connectivity index (χ2n) is 4.46. The largest absolute Gasteiger partial charge is 0.298 e. The quantitative estimate of drug-likeness (QED) is 0.533. The number of thiophene rings is 1. The molecule has 3 rings (SSSR count). The van der Waals surface area contributed by atoms with Crippen LogP contribution in [0.4, 0.5) is 5.13 Å². The number of thioether (sulfide) groups is 1. The number of anilines is 1. The standard InChI is InChI=1S/C15H10Cl2N2OS3/c1-21-9-4-2-8(3-5-9)11-7-22-15(18-11)19-14(20)10-6-12(16)23-13(10)17/h2-7H,1H3,(H,18,19,20). The van der Waals surface area contributed by atoms with E-state index in [1.54, 1.807) is 17.8 Å². The fourth-order valence-electron chi connectivity index (χ4n) is 1.89. The predicted octanol–water partition coefficient (Wildman–Crippen LogP) is 6.15. The molecule has 3 aromatic rings. The lowest BCUT2D eigenvalue weighted by atomic mass is 10.2. The van der Waals surface area contributed by atoms with Crippen molar-refractivity contribution in [2.45, 2.75) is 4.90 Å². The molecule has 3 nitrogen and oxygen atoms in total. The van der Waals surface area contributed by atoms with Gasteiger partial charge in [-0.1, -0.05) is 35.3 Å². The van der Waals surface area contributed by atoms with Gasteiger partial charge in [0, 0.05) is 15.8 Å². The van der Waals surface area contributed by atoms with Gasteiger partial charge in [0.2, 0.25) is 0 Å². The number of benzene rings is 1. The monoisotopic (exact) mass is 400 g/mol. The van der Waals surface area contributed by atoms with Crippen LogP contribution in [-0.2, 0) is 0 Å². The van der Waals surface area contributed by atoms with Crippen LogP contribution in [0.1, 0.15) is 10.4 Å². The first kappa shape index (κ1) is 16.8. The van der Waals surface area contributed by atoms with E-state index in [1.165, 1.54) is 16.2 Å². The van der Waals surface area contributed by atoms with E-state index >= 15 is 0 Å². The Balaban J connectivity index is 1.76. The molecule has 0 fully saturated rings. The van der Waals surface area contributed by atoms with Crippen molar-refractivity contribution in [2.24, 2.45) is 0 Å². The van der Waals surface area contributed by atoms with Crippen LogP contribution in [0.3, 0.4) is 0 Å². The van der Waals surface area contributed by atoms with E-state index < -0.39 is 0 Å². The summed E-state index contributed by atoms with van der Waals surface area (Å²) < 4.78 is 0.853. The van der Waals surface area contributed by atoms with Crippen molar-refractivity contribution >= 4 is 68.7 Å². The molecule has 0 aliphatic carbocycles. The number of carbonyl (C=O) groups excluding carboxylic acids is 1. The van der Waals surface area contributed by atoms with Crippen LogP contribution in [0.2, 0.25) is 8.67 Å². The number of halogens is 2. The normalized spacial score (nSPS) is 10.7. The topological polar surface area (TPSA) is 42.0 Å². The smallest absolute Gasteiger partial charge is 0.259 e. The van der Waals surface area contributed by atoms with Crippen LogP contribution in [0, 0.1) is 0 Å². The maximum atomic E-state index is 12.2. The number of nitrogens with one attached hydrogen (secondary N) is 1. The molecule has 0 radical (unpaired) electrons. The fourth-order valence-corrected chi connectivity index (χ4v) is 4.47. The average Bonchev–Trinajstić information content (AvgIpc) is 3.13. The van der Waals surface area contributed by atoms with E-state index in [-0.39, 0.29) is 5.91 Å². The molecule has 0 aliphatic rings. The van der Waals surface area contributed by atoms with Crippen LogP contribution in [0.5, 0.6) is 0 Å². The third-order valence-corrected chi connectivity index (χ3v) is 6.00. The summed E-state index contributed by atoms with van der Waals surface area (Å²) in [6.45, 7) is 0. The minimum atomic E-state index is -0.309. The Morgan fingerprint density at radius 3 is 2.61 bits per heavy atom. The van der Waals surface area contributed by atoms with Gasteiger partial charge in [0.15, 0.2) is 5.13 Å². The van der Waals surface area contributed by atoms with Crippen molar-refractivity contribution in [2.75, 3.05) is 11.6 Å². The Hall–Kier alpha value is -1.05. The lowest BCUT2D eigenvalue weighted by Gasteiger charge is -2.00.